The minimum absolute atomic E-state index is 0.152. The number of nitrogens with zero attached hydrogens (tertiary/aromatic N) is 2. The van der Waals surface area contributed by atoms with Crippen molar-refractivity contribution in [2.45, 2.75) is 19.0 Å². The molecule has 0 aliphatic carbocycles. The zero-order valence-corrected chi connectivity index (χ0v) is 9.93. The van der Waals surface area contributed by atoms with Gasteiger partial charge >= 0.3 is 5.97 Å². The van der Waals surface area contributed by atoms with Gasteiger partial charge < -0.3 is 14.8 Å². The fraction of sp³-hybridized carbons (Fsp3) is 0.600. The first-order valence-electron chi connectivity index (χ1n) is 4.97. The Balaban J connectivity index is 2.81. The molecule has 1 aromatic heterocycles. The van der Waals surface area contributed by atoms with Gasteiger partial charge in [-0.15, -0.1) is 0 Å². The average Bonchev–Trinajstić information content (AvgIpc) is 2.78. The Morgan fingerprint density at radius 3 is 2.69 bits per heavy atom. The maximum atomic E-state index is 11.5. The smallest absolute Gasteiger partial charge is 0.325 e. The SMILES string of the molecule is CNC(C(=O)OC)C(C)n1cc(OC)cn1. The highest BCUT2D eigenvalue weighted by Crippen LogP contribution is 2.15. The summed E-state index contributed by atoms with van der Waals surface area (Å²) < 4.78 is 11.4. The molecule has 0 spiro atoms. The van der Waals surface area contributed by atoms with E-state index in [1.54, 1.807) is 31.2 Å². The topological polar surface area (TPSA) is 65.4 Å². The van der Waals surface area contributed by atoms with Gasteiger partial charge in [0.1, 0.15) is 6.04 Å². The number of aromatic nitrogens is 2. The van der Waals surface area contributed by atoms with Gasteiger partial charge in [0, 0.05) is 0 Å². The molecule has 6 nitrogen and oxygen atoms in total. The van der Waals surface area contributed by atoms with Crippen molar-refractivity contribution in [1.29, 1.82) is 0 Å². The van der Waals surface area contributed by atoms with Crippen LogP contribution in [0.3, 0.4) is 0 Å². The van der Waals surface area contributed by atoms with Crippen LogP contribution in [0.2, 0.25) is 0 Å². The highest BCUT2D eigenvalue weighted by molar-refractivity contribution is 5.76. The Hall–Kier alpha value is -1.56. The Labute approximate surface area is 94.5 Å². The van der Waals surface area contributed by atoms with Gasteiger partial charge in [0.25, 0.3) is 0 Å². The largest absolute Gasteiger partial charge is 0.493 e. The van der Waals surface area contributed by atoms with Crippen LogP contribution in [0.15, 0.2) is 12.4 Å². The second-order valence-electron chi connectivity index (χ2n) is 3.39. The lowest BCUT2D eigenvalue weighted by molar-refractivity contribution is -0.144. The fourth-order valence-electron chi connectivity index (χ4n) is 1.48. The molecule has 2 atom stereocenters. The van der Waals surface area contributed by atoms with Crippen LogP contribution in [0.4, 0.5) is 0 Å². The van der Waals surface area contributed by atoms with Gasteiger partial charge in [-0.05, 0) is 14.0 Å². The van der Waals surface area contributed by atoms with E-state index in [9.17, 15) is 4.79 Å². The molecule has 0 amide bonds. The first-order valence-corrected chi connectivity index (χ1v) is 4.97. The lowest BCUT2D eigenvalue weighted by Gasteiger charge is -2.21. The van der Waals surface area contributed by atoms with Gasteiger partial charge in [-0.25, -0.2) is 0 Å². The third-order valence-electron chi connectivity index (χ3n) is 2.48. The van der Waals surface area contributed by atoms with Crippen molar-refractivity contribution >= 4 is 5.97 Å². The van der Waals surface area contributed by atoms with Crippen LogP contribution in [-0.4, -0.2) is 43.1 Å². The van der Waals surface area contributed by atoms with Crippen molar-refractivity contribution in [2.24, 2.45) is 0 Å². The maximum absolute atomic E-state index is 11.5. The van der Waals surface area contributed by atoms with Gasteiger partial charge in [-0.1, -0.05) is 0 Å². The maximum Gasteiger partial charge on any atom is 0.325 e. The monoisotopic (exact) mass is 227 g/mol. The summed E-state index contributed by atoms with van der Waals surface area (Å²) in [5.74, 6) is 0.344. The molecule has 0 aromatic carbocycles. The Bertz CT molecular complexity index is 351. The highest BCUT2D eigenvalue weighted by Gasteiger charge is 2.26. The molecule has 0 radical (unpaired) electrons. The van der Waals surface area contributed by atoms with E-state index in [2.05, 4.69) is 10.4 Å². The average molecular weight is 227 g/mol. The van der Waals surface area contributed by atoms with Gasteiger partial charge in [0.05, 0.1) is 32.7 Å². The van der Waals surface area contributed by atoms with Crippen LogP contribution in [0, 0.1) is 0 Å². The summed E-state index contributed by atoms with van der Waals surface area (Å²) in [6.07, 6.45) is 3.33. The first-order chi connectivity index (χ1) is 7.63. The molecule has 90 valence electrons. The summed E-state index contributed by atoms with van der Waals surface area (Å²) in [7, 11) is 4.64. The second kappa shape index (κ2) is 5.50. The molecule has 16 heavy (non-hydrogen) atoms. The molecule has 1 heterocycles. The van der Waals surface area contributed by atoms with E-state index in [1.807, 2.05) is 6.92 Å². The fourth-order valence-corrected chi connectivity index (χ4v) is 1.48. The normalized spacial score (nSPS) is 14.2. The number of methoxy groups -OCH3 is 2. The molecule has 1 rings (SSSR count). The molecule has 0 bridgehead atoms. The Kier molecular flexibility index (Phi) is 4.30. The van der Waals surface area contributed by atoms with E-state index in [-0.39, 0.29) is 12.0 Å². The third kappa shape index (κ3) is 2.52. The predicted molar refractivity (Wildman–Crippen MR) is 58.4 cm³/mol. The standard InChI is InChI=1S/C10H17N3O3/c1-7(9(11-2)10(14)16-4)13-6-8(15-3)5-12-13/h5-7,9,11H,1-4H3. The van der Waals surface area contributed by atoms with E-state index in [0.29, 0.717) is 5.75 Å². The molecule has 1 aromatic rings. The zero-order chi connectivity index (χ0) is 12.1. The molecule has 0 saturated carbocycles. The van der Waals surface area contributed by atoms with Gasteiger partial charge in [-0.3, -0.25) is 9.48 Å². The summed E-state index contributed by atoms with van der Waals surface area (Å²) in [6.45, 7) is 1.88. The Morgan fingerprint density at radius 2 is 2.25 bits per heavy atom. The number of nitrogens with one attached hydrogen (secondary N) is 1. The lowest BCUT2D eigenvalue weighted by atomic mass is 10.1. The minimum atomic E-state index is -0.436. The van der Waals surface area contributed by atoms with Crippen LogP contribution in [-0.2, 0) is 9.53 Å². The van der Waals surface area contributed by atoms with Gasteiger partial charge in [0.2, 0.25) is 0 Å². The van der Waals surface area contributed by atoms with Crippen molar-refractivity contribution < 1.29 is 14.3 Å². The number of likely N-dealkylation sites (N-methyl/N-ethyl adjacent to an activating group) is 1. The van der Waals surface area contributed by atoms with E-state index in [4.69, 9.17) is 9.47 Å². The number of rotatable bonds is 5. The first kappa shape index (κ1) is 12.5. The summed E-state index contributed by atoms with van der Waals surface area (Å²) in [4.78, 5) is 11.5. The lowest BCUT2D eigenvalue weighted by Crippen LogP contribution is -2.41. The van der Waals surface area contributed by atoms with Crippen molar-refractivity contribution in [3.63, 3.8) is 0 Å². The predicted octanol–water partition coefficient (Wildman–Crippen LogP) is 0.214. The molecule has 1 N–H and O–H groups in total. The number of hydrogen-bond acceptors (Lipinski definition) is 5. The minimum Gasteiger partial charge on any atom is -0.493 e. The Morgan fingerprint density at radius 1 is 1.56 bits per heavy atom. The molecule has 0 aliphatic heterocycles. The highest BCUT2D eigenvalue weighted by atomic mass is 16.5. The van der Waals surface area contributed by atoms with Crippen molar-refractivity contribution in [1.82, 2.24) is 15.1 Å². The van der Waals surface area contributed by atoms with Gasteiger partial charge in [0.15, 0.2) is 5.75 Å². The molecule has 6 heteroatoms. The molecule has 0 fully saturated rings. The van der Waals surface area contributed by atoms with E-state index < -0.39 is 6.04 Å². The second-order valence-corrected chi connectivity index (χ2v) is 3.39. The number of carbonyl (C=O) groups excluding carboxylic acids is 1. The summed E-state index contributed by atoms with van der Waals surface area (Å²) in [5, 5.41) is 7.02. The van der Waals surface area contributed by atoms with Crippen LogP contribution >= 0.6 is 0 Å². The number of esters is 1. The quantitative estimate of drug-likeness (QED) is 0.729. The van der Waals surface area contributed by atoms with Crippen LogP contribution in [0.1, 0.15) is 13.0 Å². The van der Waals surface area contributed by atoms with Crippen molar-refractivity contribution in [3.8, 4) is 5.75 Å². The molecule has 2 unspecified atom stereocenters. The van der Waals surface area contributed by atoms with Crippen molar-refractivity contribution in [2.75, 3.05) is 21.3 Å². The summed E-state index contributed by atoms with van der Waals surface area (Å²) in [6, 6.07) is -0.587. The van der Waals surface area contributed by atoms with E-state index in [1.165, 1.54) is 7.11 Å². The van der Waals surface area contributed by atoms with E-state index >= 15 is 0 Å². The molecule has 0 aliphatic rings. The zero-order valence-electron chi connectivity index (χ0n) is 9.93. The molecular formula is C10H17N3O3. The third-order valence-corrected chi connectivity index (χ3v) is 2.48. The number of hydrogen-bond donors (Lipinski definition) is 1. The number of carbonyl (C=O) groups is 1. The summed E-state index contributed by atoms with van der Waals surface area (Å²) >= 11 is 0. The molecule has 0 saturated heterocycles. The van der Waals surface area contributed by atoms with Crippen LogP contribution in [0.25, 0.3) is 0 Å². The van der Waals surface area contributed by atoms with Gasteiger partial charge in [-0.2, -0.15) is 5.10 Å². The summed E-state index contributed by atoms with van der Waals surface area (Å²) in [5.41, 5.74) is 0. The van der Waals surface area contributed by atoms with Crippen molar-refractivity contribution in [3.05, 3.63) is 12.4 Å². The molecular weight excluding hydrogens is 210 g/mol. The van der Waals surface area contributed by atoms with Crippen LogP contribution in [0.5, 0.6) is 5.75 Å². The number of ether oxygens (including phenoxy) is 2. The van der Waals surface area contributed by atoms with Crippen LogP contribution < -0.4 is 10.1 Å². The van der Waals surface area contributed by atoms with E-state index in [0.717, 1.165) is 0 Å².